The number of H-pyrrole nitrogens is 1. The van der Waals surface area contributed by atoms with Crippen LogP contribution in [-0.4, -0.2) is 54.6 Å². The van der Waals surface area contributed by atoms with Crippen molar-refractivity contribution in [2.45, 2.75) is 0 Å². The van der Waals surface area contributed by atoms with Gasteiger partial charge in [0.2, 0.25) is 0 Å². The van der Waals surface area contributed by atoms with Gasteiger partial charge in [-0.25, -0.2) is 0 Å². The van der Waals surface area contributed by atoms with E-state index in [0.29, 0.717) is 31.1 Å². The van der Waals surface area contributed by atoms with Crippen LogP contribution in [0.15, 0.2) is 6.07 Å². The molecule has 4 N–H and O–H groups in total. The van der Waals surface area contributed by atoms with E-state index < -0.39 is 0 Å². The first-order valence-corrected chi connectivity index (χ1v) is 4.82. The quantitative estimate of drug-likeness (QED) is 0.553. The fourth-order valence-electron chi connectivity index (χ4n) is 1.22. The van der Waals surface area contributed by atoms with Crippen molar-refractivity contribution in [2.24, 2.45) is 5.73 Å². The zero-order chi connectivity index (χ0) is 11.3. The van der Waals surface area contributed by atoms with Crippen LogP contribution in [0.2, 0.25) is 0 Å². The molecular formula is C9H17N5O. The number of anilines is 1. The number of likely N-dealkylation sites (N-methyl/N-ethyl adjacent to an activating group) is 1. The van der Waals surface area contributed by atoms with E-state index in [1.807, 2.05) is 11.9 Å². The van der Waals surface area contributed by atoms with E-state index in [1.165, 1.54) is 0 Å². The summed E-state index contributed by atoms with van der Waals surface area (Å²) in [6.07, 6.45) is 0. The monoisotopic (exact) mass is 211 g/mol. The molecule has 0 aliphatic carbocycles. The van der Waals surface area contributed by atoms with Crippen LogP contribution < -0.4 is 11.1 Å². The number of nitrogens with one attached hydrogen (secondary N) is 2. The van der Waals surface area contributed by atoms with Crippen LogP contribution in [0.1, 0.15) is 10.5 Å². The summed E-state index contributed by atoms with van der Waals surface area (Å²) in [5.41, 5.74) is 5.90. The van der Waals surface area contributed by atoms with Crippen molar-refractivity contribution < 1.29 is 4.79 Å². The first-order valence-electron chi connectivity index (χ1n) is 4.82. The molecule has 0 spiro atoms. The fraction of sp³-hybridized carbons (Fsp3) is 0.556. The van der Waals surface area contributed by atoms with Crippen molar-refractivity contribution in [2.75, 3.05) is 39.0 Å². The topological polar surface area (TPSA) is 87.0 Å². The molecule has 6 heteroatoms. The summed E-state index contributed by atoms with van der Waals surface area (Å²) in [4.78, 5) is 13.6. The molecule has 0 saturated heterocycles. The molecule has 84 valence electrons. The zero-order valence-electron chi connectivity index (χ0n) is 9.08. The molecule has 15 heavy (non-hydrogen) atoms. The highest BCUT2D eigenvalue weighted by Crippen LogP contribution is 2.05. The van der Waals surface area contributed by atoms with E-state index >= 15 is 0 Å². The molecule has 1 rings (SSSR count). The number of Topliss-reactive ketones (excluding diaryl/α,β-unsaturated/α-hetero) is 1. The largest absolute Gasteiger partial charge is 0.372 e. The van der Waals surface area contributed by atoms with Crippen LogP contribution in [0, 0.1) is 0 Å². The van der Waals surface area contributed by atoms with Crippen molar-refractivity contribution >= 4 is 11.6 Å². The highest BCUT2D eigenvalue weighted by Gasteiger charge is 2.11. The Hall–Kier alpha value is -1.40. The summed E-state index contributed by atoms with van der Waals surface area (Å²) in [5.74, 6) is 0.680. The van der Waals surface area contributed by atoms with Gasteiger partial charge in [-0.1, -0.05) is 0 Å². The van der Waals surface area contributed by atoms with E-state index in [1.54, 1.807) is 13.1 Å². The van der Waals surface area contributed by atoms with E-state index in [-0.39, 0.29) is 5.78 Å². The third-order valence-electron chi connectivity index (χ3n) is 2.06. The number of ketones is 1. The van der Waals surface area contributed by atoms with Crippen LogP contribution in [0.4, 0.5) is 5.82 Å². The predicted octanol–water partition coefficient (Wildman–Crippen LogP) is -0.475. The maximum atomic E-state index is 11.7. The molecule has 0 saturated carbocycles. The normalized spacial score (nSPS) is 10.7. The number of hydrogen-bond acceptors (Lipinski definition) is 5. The Labute approximate surface area is 88.8 Å². The van der Waals surface area contributed by atoms with Gasteiger partial charge in [0.25, 0.3) is 0 Å². The van der Waals surface area contributed by atoms with Gasteiger partial charge < -0.3 is 11.1 Å². The zero-order valence-corrected chi connectivity index (χ0v) is 9.08. The molecule has 1 heterocycles. The summed E-state index contributed by atoms with van der Waals surface area (Å²) < 4.78 is 0. The van der Waals surface area contributed by atoms with Gasteiger partial charge in [-0.05, 0) is 7.05 Å². The SMILES string of the molecule is CNc1cc(C(=O)CN(C)CCN)[nH]n1. The molecule has 0 radical (unpaired) electrons. The second kappa shape index (κ2) is 5.47. The van der Waals surface area contributed by atoms with Crippen molar-refractivity contribution in [3.8, 4) is 0 Å². The Balaban J connectivity index is 2.53. The van der Waals surface area contributed by atoms with E-state index in [0.717, 1.165) is 0 Å². The maximum Gasteiger partial charge on any atom is 0.194 e. The van der Waals surface area contributed by atoms with Crippen LogP contribution in [0.3, 0.4) is 0 Å². The first-order chi connectivity index (χ1) is 7.17. The lowest BCUT2D eigenvalue weighted by Gasteiger charge is -2.12. The molecule has 1 aromatic rings. The van der Waals surface area contributed by atoms with Crippen molar-refractivity contribution in [3.63, 3.8) is 0 Å². The van der Waals surface area contributed by atoms with Gasteiger partial charge in [-0.3, -0.25) is 14.8 Å². The lowest BCUT2D eigenvalue weighted by atomic mass is 10.2. The number of rotatable bonds is 6. The summed E-state index contributed by atoms with van der Waals surface area (Å²) in [5, 5.41) is 9.45. The lowest BCUT2D eigenvalue weighted by molar-refractivity contribution is 0.0943. The molecule has 0 unspecified atom stereocenters. The number of carbonyl (C=O) groups excluding carboxylic acids is 1. The molecule has 0 amide bonds. The number of hydrogen-bond donors (Lipinski definition) is 3. The van der Waals surface area contributed by atoms with Gasteiger partial charge in [0, 0.05) is 26.2 Å². The second-order valence-corrected chi connectivity index (χ2v) is 3.37. The Morgan fingerprint density at radius 3 is 3.00 bits per heavy atom. The van der Waals surface area contributed by atoms with E-state index in [9.17, 15) is 4.79 Å². The molecule has 0 atom stereocenters. The molecular weight excluding hydrogens is 194 g/mol. The summed E-state index contributed by atoms with van der Waals surface area (Å²) >= 11 is 0. The number of aromatic amines is 1. The summed E-state index contributed by atoms with van der Waals surface area (Å²) in [7, 11) is 3.62. The van der Waals surface area contributed by atoms with Crippen molar-refractivity contribution in [1.82, 2.24) is 15.1 Å². The third kappa shape index (κ3) is 3.34. The predicted molar refractivity (Wildman–Crippen MR) is 59.0 cm³/mol. The Morgan fingerprint density at radius 2 is 2.47 bits per heavy atom. The smallest absolute Gasteiger partial charge is 0.194 e. The standard InChI is InChI=1S/C9H17N5O/c1-11-9-5-7(12-13-9)8(15)6-14(2)4-3-10/h5H,3-4,6,10H2,1-2H3,(H2,11,12,13). The van der Waals surface area contributed by atoms with Gasteiger partial charge in [0.05, 0.1) is 6.54 Å². The minimum atomic E-state index is 0.0138. The Kier molecular flexibility index (Phi) is 4.26. The van der Waals surface area contributed by atoms with Gasteiger partial charge >= 0.3 is 0 Å². The second-order valence-electron chi connectivity index (χ2n) is 3.37. The van der Waals surface area contributed by atoms with Crippen LogP contribution >= 0.6 is 0 Å². The van der Waals surface area contributed by atoms with Crippen LogP contribution in [-0.2, 0) is 0 Å². The van der Waals surface area contributed by atoms with Gasteiger partial charge in [-0.15, -0.1) is 0 Å². The van der Waals surface area contributed by atoms with E-state index in [4.69, 9.17) is 5.73 Å². The first kappa shape index (κ1) is 11.7. The highest BCUT2D eigenvalue weighted by molar-refractivity contribution is 5.96. The Morgan fingerprint density at radius 1 is 1.73 bits per heavy atom. The average molecular weight is 211 g/mol. The number of aromatic nitrogens is 2. The molecule has 0 bridgehead atoms. The highest BCUT2D eigenvalue weighted by atomic mass is 16.1. The molecule has 0 fully saturated rings. The average Bonchev–Trinajstić information content (AvgIpc) is 2.66. The fourth-order valence-corrected chi connectivity index (χ4v) is 1.22. The van der Waals surface area contributed by atoms with Gasteiger partial charge in [0.15, 0.2) is 5.78 Å². The minimum absolute atomic E-state index is 0.0138. The molecule has 0 aromatic carbocycles. The van der Waals surface area contributed by atoms with Crippen LogP contribution in [0.25, 0.3) is 0 Å². The Bertz CT molecular complexity index is 322. The van der Waals surface area contributed by atoms with Gasteiger partial charge in [-0.2, -0.15) is 5.10 Å². The number of carbonyl (C=O) groups is 1. The minimum Gasteiger partial charge on any atom is -0.372 e. The molecule has 1 aromatic heterocycles. The summed E-state index contributed by atoms with van der Waals surface area (Å²) in [6.45, 7) is 1.61. The van der Waals surface area contributed by atoms with E-state index in [2.05, 4.69) is 15.5 Å². The lowest BCUT2D eigenvalue weighted by Crippen LogP contribution is -2.30. The number of nitrogens with two attached hydrogens (primary N) is 1. The molecule has 0 aliphatic heterocycles. The maximum absolute atomic E-state index is 11.7. The van der Waals surface area contributed by atoms with Crippen molar-refractivity contribution in [1.29, 1.82) is 0 Å². The summed E-state index contributed by atoms with van der Waals surface area (Å²) in [6, 6.07) is 1.69. The molecule has 6 nitrogen and oxygen atoms in total. The molecule has 0 aliphatic rings. The van der Waals surface area contributed by atoms with Gasteiger partial charge in [0.1, 0.15) is 11.5 Å². The van der Waals surface area contributed by atoms with Crippen molar-refractivity contribution in [3.05, 3.63) is 11.8 Å². The number of nitrogens with zero attached hydrogens (tertiary/aromatic N) is 2. The third-order valence-corrected chi connectivity index (χ3v) is 2.06. The van der Waals surface area contributed by atoms with Crippen LogP contribution in [0.5, 0.6) is 0 Å².